The lowest BCUT2D eigenvalue weighted by Crippen LogP contribution is -2.30. The van der Waals surface area contributed by atoms with Gasteiger partial charge in [-0.05, 0) is 26.1 Å². The van der Waals surface area contributed by atoms with Gasteiger partial charge in [-0.15, -0.1) is 0 Å². The van der Waals surface area contributed by atoms with E-state index in [1.54, 1.807) is 19.2 Å². The Balaban J connectivity index is 2.87. The van der Waals surface area contributed by atoms with Gasteiger partial charge in [-0.1, -0.05) is 0 Å². The van der Waals surface area contributed by atoms with Crippen LogP contribution in [0.5, 0.6) is 0 Å². The maximum absolute atomic E-state index is 10.8. The largest absolute Gasteiger partial charge is 0.464 e. The highest BCUT2D eigenvalue weighted by Crippen LogP contribution is 2.14. The lowest BCUT2D eigenvalue weighted by molar-refractivity contribution is -0.120. The van der Waals surface area contributed by atoms with E-state index in [0.717, 1.165) is 5.76 Å². The number of amides is 1. The Morgan fingerprint density at radius 2 is 2.33 bits per heavy atom. The number of furan rings is 1. The zero-order valence-corrected chi connectivity index (χ0v) is 7.13. The summed E-state index contributed by atoms with van der Waals surface area (Å²) in [6, 6.07) is 3.00. The fraction of sp³-hybridized carbons (Fsp3) is 0.375. The number of carbonyl (C=O) groups excluding carboxylic acids is 1. The third-order valence-electron chi connectivity index (χ3n) is 1.62. The molecule has 1 rings (SSSR count). The number of carbonyl (C=O) groups is 1. The van der Waals surface area contributed by atoms with Crippen molar-refractivity contribution in [2.24, 2.45) is 5.73 Å². The summed E-state index contributed by atoms with van der Waals surface area (Å²) in [5, 5.41) is 2.76. The Hall–Kier alpha value is -1.29. The number of primary amides is 1. The van der Waals surface area contributed by atoms with Gasteiger partial charge in [-0.3, -0.25) is 4.79 Å². The summed E-state index contributed by atoms with van der Waals surface area (Å²) in [6.07, 6.45) is 0. The molecule has 0 aliphatic heterocycles. The van der Waals surface area contributed by atoms with Gasteiger partial charge in [0.05, 0.1) is 0 Å². The van der Waals surface area contributed by atoms with Gasteiger partial charge >= 0.3 is 0 Å². The number of hydrogen-bond acceptors (Lipinski definition) is 3. The van der Waals surface area contributed by atoms with Gasteiger partial charge in [0.2, 0.25) is 5.91 Å². The SMILES string of the molecule is CNC(C(N)=O)c1ccc(C)o1. The first-order chi connectivity index (χ1) is 5.65. The minimum Gasteiger partial charge on any atom is -0.464 e. The highest BCUT2D eigenvalue weighted by molar-refractivity contribution is 5.80. The second-order valence-electron chi connectivity index (χ2n) is 2.57. The lowest BCUT2D eigenvalue weighted by atomic mass is 10.2. The Kier molecular flexibility index (Phi) is 2.50. The first-order valence-corrected chi connectivity index (χ1v) is 3.68. The maximum atomic E-state index is 10.8. The van der Waals surface area contributed by atoms with Gasteiger partial charge in [-0.2, -0.15) is 0 Å². The predicted octanol–water partition coefficient (Wildman–Crippen LogP) is 0.334. The molecule has 0 bridgehead atoms. The first-order valence-electron chi connectivity index (χ1n) is 3.68. The fourth-order valence-corrected chi connectivity index (χ4v) is 1.03. The van der Waals surface area contributed by atoms with E-state index in [-0.39, 0.29) is 0 Å². The van der Waals surface area contributed by atoms with Crippen molar-refractivity contribution < 1.29 is 9.21 Å². The van der Waals surface area contributed by atoms with Crippen molar-refractivity contribution >= 4 is 5.91 Å². The predicted molar refractivity (Wildman–Crippen MR) is 44.4 cm³/mol. The monoisotopic (exact) mass is 168 g/mol. The van der Waals surface area contributed by atoms with Crippen molar-refractivity contribution in [1.82, 2.24) is 5.32 Å². The molecule has 0 aliphatic rings. The number of rotatable bonds is 3. The number of nitrogens with one attached hydrogen (secondary N) is 1. The molecule has 1 aromatic rings. The van der Waals surface area contributed by atoms with Crippen LogP contribution in [0.15, 0.2) is 16.5 Å². The van der Waals surface area contributed by atoms with Crippen LogP contribution < -0.4 is 11.1 Å². The average Bonchev–Trinajstić information content (AvgIpc) is 2.37. The van der Waals surface area contributed by atoms with Gasteiger partial charge in [0.25, 0.3) is 0 Å². The molecule has 0 radical (unpaired) electrons. The van der Waals surface area contributed by atoms with E-state index in [2.05, 4.69) is 5.32 Å². The molecule has 1 amide bonds. The maximum Gasteiger partial charge on any atom is 0.242 e. The summed E-state index contributed by atoms with van der Waals surface area (Å²) in [5.41, 5.74) is 5.13. The molecule has 0 aliphatic carbocycles. The van der Waals surface area contributed by atoms with Crippen molar-refractivity contribution in [3.63, 3.8) is 0 Å². The lowest BCUT2D eigenvalue weighted by Gasteiger charge is -2.07. The van der Waals surface area contributed by atoms with E-state index in [4.69, 9.17) is 10.2 Å². The fourth-order valence-electron chi connectivity index (χ4n) is 1.03. The quantitative estimate of drug-likeness (QED) is 0.683. The molecule has 3 N–H and O–H groups in total. The van der Waals surface area contributed by atoms with Crippen LogP contribution in [0.3, 0.4) is 0 Å². The molecule has 4 heteroatoms. The zero-order valence-electron chi connectivity index (χ0n) is 7.13. The van der Waals surface area contributed by atoms with Gasteiger partial charge in [-0.25, -0.2) is 0 Å². The Morgan fingerprint density at radius 3 is 2.67 bits per heavy atom. The van der Waals surface area contributed by atoms with Crippen LogP contribution in [0, 0.1) is 6.92 Å². The normalized spacial score (nSPS) is 12.8. The molecule has 0 aromatic carbocycles. The molecule has 0 spiro atoms. The van der Waals surface area contributed by atoms with E-state index in [1.807, 2.05) is 6.92 Å². The first kappa shape index (κ1) is 8.80. The van der Waals surface area contributed by atoms with Crippen LogP contribution in [0.2, 0.25) is 0 Å². The number of aryl methyl sites for hydroxylation is 1. The van der Waals surface area contributed by atoms with Gasteiger partial charge in [0, 0.05) is 0 Å². The van der Waals surface area contributed by atoms with Crippen LogP contribution in [0.25, 0.3) is 0 Å². The third kappa shape index (κ3) is 1.65. The van der Waals surface area contributed by atoms with E-state index in [1.165, 1.54) is 0 Å². The van der Waals surface area contributed by atoms with Crippen LogP contribution >= 0.6 is 0 Å². The van der Waals surface area contributed by atoms with E-state index < -0.39 is 11.9 Å². The third-order valence-corrected chi connectivity index (χ3v) is 1.62. The van der Waals surface area contributed by atoms with Crippen molar-refractivity contribution in [2.75, 3.05) is 7.05 Å². The van der Waals surface area contributed by atoms with E-state index in [0.29, 0.717) is 5.76 Å². The number of nitrogens with two attached hydrogens (primary N) is 1. The Labute approximate surface area is 70.7 Å². The molecule has 1 aromatic heterocycles. The number of hydrogen-bond donors (Lipinski definition) is 2. The number of likely N-dealkylation sites (N-methyl/N-ethyl adjacent to an activating group) is 1. The Bertz CT molecular complexity index is 280. The minimum absolute atomic E-state index is 0.438. The zero-order chi connectivity index (χ0) is 9.14. The van der Waals surface area contributed by atoms with E-state index >= 15 is 0 Å². The summed E-state index contributed by atoms with van der Waals surface area (Å²) in [5.74, 6) is 0.890. The van der Waals surface area contributed by atoms with Crippen LogP contribution in [0.1, 0.15) is 17.6 Å². The summed E-state index contributed by atoms with van der Waals surface area (Å²) in [7, 11) is 1.66. The molecule has 0 fully saturated rings. The second-order valence-corrected chi connectivity index (χ2v) is 2.57. The summed E-state index contributed by atoms with van der Waals surface area (Å²) in [4.78, 5) is 10.8. The molecule has 12 heavy (non-hydrogen) atoms. The molecular formula is C8H12N2O2. The molecule has 0 saturated carbocycles. The minimum atomic E-state index is -0.529. The molecule has 66 valence electrons. The second kappa shape index (κ2) is 3.40. The van der Waals surface area contributed by atoms with Crippen molar-refractivity contribution in [3.8, 4) is 0 Å². The van der Waals surface area contributed by atoms with Gasteiger partial charge in [0.15, 0.2) is 0 Å². The molecule has 0 saturated heterocycles. The van der Waals surface area contributed by atoms with Gasteiger partial charge in [0.1, 0.15) is 17.6 Å². The topological polar surface area (TPSA) is 68.3 Å². The molecule has 4 nitrogen and oxygen atoms in total. The molecule has 1 heterocycles. The molecular weight excluding hydrogens is 156 g/mol. The standard InChI is InChI=1S/C8H12N2O2/c1-5-3-4-6(12-5)7(10-2)8(9)11/h3-4,7,10H,1-2H3,(H2,9,11). The Morgan fingerprint density at radius 1 is 1.67 bits per heavy atom. The van der Waals surface area contributed by atoms with Gasteiger partial charge < -0.3 is 15.5 Å². The van der Waals surface area contributed by atoms with Crippen LogP contribution in [-0.4, -0.2) is 13.0 Å². The summed E-state index contributed by atoms with van der Waals surface area (Å²) >= 11 is 0. The van der Waals surface area contributed by atoms with Crippen molar-refractivity contribution in [1.29, 1.82) is 0 Å². The average molecular weight is 168 g/mol. The molecule has 1 atom stereocenters. The van der Waals surface area contributed by atoms with Crippen LogP contribution in [-0.2, 0) is 4.79 Å². The van der Waals surface area contributed by atoms with E-state index in [9.17, 15) is 4.79 Å². The summed E-state index contributed by atoms with van der Waals surface area (Å²) in [6.45, 7) is 1.82. The van der Waals surface area contributed by atoms with Crippen LogP contribution in [0.4, 0.5) is 0 Å². The molecule has 1 unspecified atom stereocenters. The summed E-state index contributed by atoms with van der Waals surface area (Å²) < 4.78 is 5.23. The smallest absolute Gasteiger partial charge is 0.242 e. The van der Waals surface area contributed by atoms with Crippen molar-refractivity contribution in [2.45, 2.75) is 13.0 Å². The van der Waals surface area contributed by atoms with Crippen molar-refractivity contribution in [3.05, 3.63) is 23.7 Å². The highest BCUT2D eigenvalue weighted by atomic mass is 16.3. The highest BCUT2D eigenvalue weighted by Gasteiger charge is 2.18.